The first-order chi connectivity index (χ1) is 13.0. The molecule has 154 valence electrons. The second-order valence-electron chi connectivity index (χ2n) is 7.25. The van der Waals surface area contributed by atoms with Gasteiger partial charge in [-0.25, -0.2) is 4.39 Å². The Morgan fingerprint density at radius 1 is 1.39 bits per heavy atom. The molecule has 6 nitrogen and oxygen atoms in total. The number of halogens is 2. The molecule has 28 heavy (non-hydrogen) atoms. The summed E-state index contributed by atoms with van der Waals surface area (Å²) in [6.07, 6.45) is 3.21. The van der Waals surface area contributed by atoms with Gasteiger partial charge in [-0.1, -0.05) is 31.1 Å². The van der Waals surface area contributed by atoms with E-state index in [4.69, 9.17) is 10.3 Å². The lowest BCUT2D eigenvalue weighted by molar-refractivity contribution is -0.143. The molecule has 0 aliphatic carbocycles. The van der Waals surface area contributed by atoms with Crippen LogP contribution in [0.5, 0.6) is 0 Å². The molecule has 8 heteroatoms. The molecule has 2 heterocycles. The number of nitrogens with two attached hydrogens (primary N) is 1. The molecule has 1 unspecified atom stereocenters. The van der Waals surface area contributed by atoms with Crippen LogP contribution in [0.4, 0.5) is 4.39 Å². The molecule has 1 aliphatic heterocycles. The van der Waals surface area contributed by atoms with Crippen molar-refractivity contribution in [2.24, 2.45) is 11.1 Å². The maximum absolute atomic E-state index is 13.4. The fourth-order valence-electron chi connectivity index (χ4n) is 3.77. The van der Waals surface area contributed by atoms with Crippen molar-refractivity contribution in [2.45, 2.75) is 45.4 Å². The average Bonchev–Trinajstić information content (AvgIpc) is 3.20. The Labute approximate surface area is 171 Å². The Morgan fingerprint density at radius 3 is 2.79 bits per heavy atom. The number of aromatic nitrogens is 2. The van der Waals surface area contributed by atoms with Gasteiger partial charge in [0.05, 0.1) is 11.3 Å². The quantitative estimate of drug-likeness (QED) is 0.783. The fraction of sp³-hybridized carbons (Fsp3) is 0.550. The minimum absolute atomic E-state index is 0. The van der Waals surface area contributed by atoms with E-state index >= 15 is 0 Å². The zero-order valence-corrected chi connectivity index (χ0v) is 17.2. The number of rotatable bonds is 6. The van der Waals surface area contributed by atoms with Crippen molar-refractivity contribution < 1.29 is 13.7 Å². The molecule has 0 bridgehead atoms. The van der Waals surface area contributed by atoms with Crippen LogP contribution in [0, 0.1) is 11.2 Å². The predicted octanol–water partition coefficient (Wildman–Crippen LogP) is 3.77. The van der Waals surface area contributed by atoms with Crippen molar-refractivity contribution in [3.63, 3.8) is 0 Å². The number of hydrogen-bond donors (Lipinski definition) is 1. The van der Waals surface area contributed by atoms with E-state index in [-0.39, 0.29) is 30.0 Å². The third-order valence-electron chi connectivity index (χ3n) is 5.78. The number of carbonyl (C=O) groups excluding carboxylic acids is 1. The highest BCUT2D eigenvalue weighted by molar-refractivity contribution is 5.85. The topological polar surface area (TPSA) is 85.3 Å². The van der Waals surface area contributed by atoms with E-state index in [2.05, 4.69) is 10.1 Å². The number of likely N-dealkylation sites (tertiary alicyclic amines) is 1. The number of carbonyl (C=O) groups is 1. The largest absolute Gasteiger partial charge is 0.341 e. The number of benzene rings is 1. The smallest absolute Gasteiger partial charge is 0.231 e. The van der Waals surface area contributed by atoms with Crippen molar-refractivity contribution in [3.8, 4) is 11.4 Å². The molecule has 0 radical (unpaired) electrons. The molecule has 2 aromatic rings. The molecule has 1 aromatic heterocycles. The lowest BCUT2D eigenvalue weighted by Crippen LogP contribution is -2.50. The van der Waals surface area contributed by atoms with Gasteiger partial charge in [0.25, 0.3) is 0 Å². The molecule has 1 saturated heterocycles. The van der Waals surface area contributed by atoms with Gasteiger partial charge in [-0.2, -0.15) is 4.98 Å². The van der Waals surface area contributed by atoms with Crippen LogP contribution in [-0.2, 0) is 4.79 Å². The summed E-state index contributed by atoms with van der Waals surface area (Å²) in [6.45, 7) is 5.65. The van der Waals surface area contributed by atoms with Crippen LogP contribution in [0.15, 0.2) is 28.8 Å². The average molecular weight is 411 g/mol. The zero-order valence-electron chi connectivity index (χ0n) is 16.4. The minimum atomic E-state index is -0.497. The van der Waals surface area contributed by atoms with Gasteiger partial charge in [-0.3, -0.25) is 4.79 Å². The standard InChI is InChI=1S/C20H27FN4O2.ClH/c1-3-20(4-2,13-22)19(26)25-10-6-8-15(12-25)18-23-17(24-27-18)14-7-5-9-16(21)11-14;/h5,7,9,11,15H,3-4,6,8,10,12-13,22H2,1-2H3;1H. The summed E-state index contributed by atoms with van der Waals surface area (Å²) in [5.74, 6) is 0.626. The Bertz CT molecular complexity index is 786. The van der Waals surface area contributed by atoms with Crippen LogP contribution in [0.1, 0.15) is 51.3 Å². The highest BCUT2D eigenvalue weighted by Crippen LogP contribution is 2.33. The first-order valence-electron chi connectivity index (χ1n) is 9.62. The van der Waals surface area contributed by atoms with Crippen LogP contribution in [-0.4, -0.2) is 40.6 Å². The van der Waals surface area contributed by atoms with Crippen molar-refractivity contribution in [3.05, 3.63) is 36.0 Å². The highest BCUT2D eigenvalue weighted by atomic mass is 35.5. The normalized spacial score (nSPS) is 17.3. The monoisotopic (exact) mass is 410 g/mol. The Balaban J connectivity index is 0.00000280. The maximum atomic E-state index is 13.4. The van der Waals surface area contributed by atoms with E-state index in [0.29, 0.717) is 30.4 Å². The molecular formula is C20H28ClFN4O2. The molecule has 0 saturated carbocycles. The number of amides is 1. The lowest BCUT2D eigenvalue weighted by atomic mass is 9.80. The van der Waals surface area contributed by atoms with E-state index in [0.717, 1.165) is 32.2 Å². The number of hydrogen-bond acceptors (Lipinski definition) is 5. The Kier molecular flexibility index (Phi) is 7.55. The summed E-state index contributed by atoms with van der Waals surface area (Å²) in [6, 6.07) is 6.11. The van der Waals surface area contributed by atoms with Gasteiger partial charge in [-0.05, 0) is 37.8 Å². The summed E-state index contributed by atoms with van der Waals surface area (Å²) in [7, 11) is 0. The van der Waals surface area contributed by atoms with Gasteiger partial charge in [0.15, 0.2) is 0 Å². The Hall–Kier alpha value is -1.99. The van der Waals surface area contributed by atoms with Gasteiger partial charge < -0.3 is 15.2 Å². The molecule has 2 N–H and O–H groups in total. The summed E-state index contributed by atoms with van der Waals surface area (Å²) in [5, 5.41) is 3.99. The maximum Gasteiger partial charge on any atom is 0.231 e. The van der Waals surface area contributed by atoms with E-state index in [9.17, 15) is 9.18 Å². The lowest BCUT2D eigenvalue weighted by Gasteiger charge is -2.38. The molecule has 0 spiro atoms. The summed E-state index contributed by atoms with van der Waals surface area (Å²) < 4.78 is 18.9. The second kappa shape index (κ2) is 9.47. The molecule has 1 fully saturated rings. The number of nitrogens with zero attached hydrogens (tertiary/aromatic N) is 3. The summed E-state index contributed by atoms with van der Waals surface area (Å²) in [5.41, 5.74) is 6.02. The Morgan fingerprint density at radius 2 is 2.14 bits per heavy atom. The van der Waals surface area contributed by atoms with Crippen LogP contribution < -0.4 is 5.73 Å². The summed E-state index contributed by atoms with van der Waals surface area (Å²) >= 11 is 0. The van der Waals surface area contributed by atoms with Crippen molar-refractivity contribution in [1.29, 1.82) is 0 Å². The predicted molar refractivity (Wildman–Crippen MR) is 108 cm³/mol. The fourth-order valence-corrected chi connectivity index (χ4v) is 3.77. The van der Waals surface area contributed by atoms with Crippen LogP contribution >= 0.6 is 12.4 Å². The SMILES string of the molecule is CCC(CC)(CN)C(=O)N1CCCC(c2nc(-c3cccc(F)c3)no2)C1.Cl. The van der Waals surface area contributed by atoms with E-state index < -0.39 is 5.41 Å². The van der Waals surface area contributed by atoms with Crippen molar-refractivity contribution in [2.75, 3.05) is 19.6 Å². The first-order valence-corrected chi connectivity index (χ1v) is 9.62. The number of piperidine rings is 1. The van der Waals surface area contributed by atoms with Gasteiger partial charge in [0.2, 0.25) is 17.6 Å². The molecule has 1 atom stereocenters. The highest BCUT2D eigenvalue weighted by Gasteiger charge is 2.39. The summed E-state index contributed by atoms with van der Waals surface area (Å²) in [4.78, 5) is 19.4. The first kappa shape index (κ1) is 22.3. The van der Waals surface area contributed by atoms with Crippen molar-refractivity contribution in [1.82, 2.24) is 15.0 Å². The van der Waals surface area contributed by atoms with Gasteiger partial charge >= 0.3 is 0 Å². The molecule has 1 aromatic carbocycles. The van der Waals surface area contributed by atoms with Gasteiger partial charge in [0.1, 0.15) is 5.82 Å². The van der Waals surface area contributed by atoms with Crippen molar-refractivity contribution >= 4 is 18.3 Å². The molecular weight excluding hydrogens is 383 g/mol. The van der Waals surface area contributed by atoms with Gasteiger partial charge in [0, 0.05) is 25.2 Å². The third kappa shape index (κ3) is 4.36. The third-order valence-corrected chi connectivity index (χ3v) is 5.78. The van der Waals surface area contributed by atoms with E-state index in [1.807, 2.05) is 18.7 Å². The van der Waals surface area contributed by atoms with E-state index in [1.54, 1.807) is 12.1 Å². The van der Waals surface area contributed by atoms with E-state index in [1.165, 1.54) is 12.1 Å². The van der Waals surface area contributed by atoms with Crippen LogP contribution in [0.2, 0.25) is 0 Å². The minimum Gasteiger partial charge on any atom is -0.341 e. The zero-order chi connectivity index (χ0) is 19.4. The molecule has 3 rings (SSSR count). The van der Waals surface area contributed by atoms with Crippen LogP contribution in [0.25, 0.3) is 11.4 Å². The van der Waals surface area contributed by atoms with Crippen LogP contribution in [0.3, 0.4) is 0 Å². The molecule has 1 aliphatic rings. The molecule has 1 amide bonds. The van der Waals surface area contributed by atoms with Gasteiger partial charge in [-0.15, -0.1) is 12.4 Å². The second-order valence-corrected chi connectivity index (χ2v) is 7.25.